The Kier molecular flexibility index (Phi) is 3.99. The molecule has 0 saturated carbocycles. The number of hydrogen-bond acceptors (Lipinski definition) is 4. The molecule has 1 aliphatic rings. The van der Waals surface area contributed by atoms with Gasteiger partial charge in [-0.3, -0.25) is 4.79 Å². The van der Waals surface area contributed by atoms with Gasteiger partial charge in [0.1, 0.15) is 5.82 Å². The summed E-state index contributed by atoms with van der Waals surface area (Å²) in [5.74, 6) is 2.05. The number of fused-ring (bicyclic) bond motifs is 1. The topological polar surface area (TPSA) is 65.4 Å². The molecule has 1 N–H and O–H groups in total. The summed E-state index contributed by atoms with van der Waals surface area (Å²) in [6.07, 6.45) is 2.24. The van der Waals surface area contributed by atoms with Crippen LogP contribution in [0.2, 0.25) is 0 Å². The van der Waals surface area contributed by atoms with Gasteiger partial charge in [0.2, 0.25) is 5.91 Å². The number of hydrogen-bond donors (Lipinski definition) is 1. The maximum Gasteiger partial charge on any atom is 0.226 e. The van der Waals surface area contributed by atoms with E-state index < -0.39 is 0 Å². The maximum atomic E-state index is 12.3. The van der Waals surface area contributed by atoms with Crippen molar-refractivity contribution in [1.29, 1.82) is 0 Å². The van der Waals surface area contributed by atoms with E-state index in [-0.39, 0.29) is 17.4 Å². The van der Waals surface area contributed by atoms with Gasteiger partial charge in [-0.2, -0.15) is 5.10 Å². The second-order valence-electron chi connectivity index (χ2n) is 6.95. The summed E-state index contributed by atoms with van der Waals surface area (Å²) in [5.41, 5.74) is 1.83. The quantitative estimate of drug-likeness (QED) is 0.939. The summed E-state index contributed by atoms with van der Waals surface area (Å²) in [5, 5.41) is 7.47. The molecule has 1 atom stereocenters. The molecule has 0 spiro atoms. The van der Waals surface area contributed by atoms with Crippen molar-refractivity contribution in [2.45, 2.75) is 38.6 Å². The Balaban J connectivity index is 2.08. The molecule has 2 heterocycles. The van der Waals surface area contributed by atoms with Crippen LogP contribution in [0.1, 0.15) is 44.2 Å². The number of anilines is 1. The van der Waals surface area contributed by atoms with Gasteiger partial charge < -0.3 is 14.8 Å². The largest absolute Gasteiger partial charge is 0.493 e. The standard InChI is InChI=1S/C18H23N3O3/c1-18(2,3)21-17-13(10-19-21)12(9-16(22)20-17)11-6-7-14(23-4)15(8-11)24-5/h6-8,10,12H,9H2,1-5H3,(H,20,22). The van der Waals surface area contributed by atoms with Gasteiger partial charge in [-0.15, -0.1) is 0 Å². The molecule has 2 aromatic rings. The Labute approximate surface area is 141 Å². The van der Waals surface area contributed by atoms with Gasteiger partial charge in [0, 0.05) is 17.9 Å². The van der Waals surface area contributed by atoms with Crippen molar-refractivity contribution < 1.29 is 14.3 Å². The van der Waals surface area contributed by atoms with Crippen LogP contribution in [0.5, 0.6) is 11.5 Å². The number of nitrogens with zero attached hydrogens (tertiary/aromatic N) is 2. The molecule has 6 nitrogen and oxygen atoms in total. The molecule has 0 bridgehead atoms. The number of carbonyl (C=O) groups is 1. The van der Waals surface area contributed by atoms with Crippen molar-refractivity contribution >= 4 is 11.7 Å². The highest BCUT2D eigenvalue weighted by molar-refractivity contribution is 5.94. The third-order valence-corrected chi connectivity index (χ3v) is 4.27. The van der Waals surface area contributed by atoms with Crippen molar-refractivity contribution in [3.63, 3.8) is 0 Å². The minimum atomic E-state index is -0.208. The number of amides is 1. The van der Waals surface area contributed by atoms with Crippen LogP contribution in [0, 0.1) is 0 Å². The highest BCUT2D eigenvalue weighted by atomic mass is 16.5. The maximum absolute atomic E-state index is 12.3. The Morgan fingerprint density at radius 2 is 1.92 bits per heavy atom. The second-order valence-corrected chi connectivity index (χ2v) is 6.95. The number of rotatable bonds is 3. The van der Waals surface area contributed by atoms with E-state index in [0.29, 0.717) is 17.9 Å². The summed E-state index contributed by atoms with van der Waals surface area (Å²) >= 11 is 0. The molecule has 1 aromatic heterocycles. The molecule has 6 heteroatoms. The number of ether oxygens (including phenoxy) is 2. The lowest BCUT2D eigenvalue weighted by Gasteiger charge is -2.28. The first-order chi connectivity index (χ1) is 11.3. The highest BCUT2D eigenvalue weighted by Crippen LogP contribution is 2.41. The number of methoxy groups -OCH3 is 2. The Hall–Kier alpha value is -2.50. The van der Waals surface area contributed by atoms with Crippen molar-refractivity contribution in [3.8, 4) is 11.5 Å². The molecule has 1 unspecified atom stereocenters. The minimum absolute atomic E-state index is 0.00622. The zero-order chi connectivity index (χ0) is 17.5. The first-order valence-electron chi connectivity index (χ1n) is 7.95. The molecule has 1 amide bonds. The molecule has 1 aliphatic heterocycles. The van der Waals surface area contributed by atoms with Crippen LogP contribution in [-0.4, -0.2) is 29.9 Å². The van der Waals surface area contributed by atoms with E-state index in [1.165, 1.54) is 0 Å². The van der Waals surface area contributed by atoms with Gasteiger partial charge in [0.05, 0.1) is 26.0 Å². The number of carbonyl (C=O) groups excluding carboxylic acids is 1. The molecule has 128 valence electrons. The molecule has 0 saturated heterocycles. The van der Waals surface area contributed by atoms with E-state index in [2.05, 4.69) is 31.2 Å². The summed E-state index contributed by atoms with van der Waals surface area (Å²) in [7, 11) is 3.22. The van der Waals surface area contributed by atoms with Gasteiger partial charge in [-0.25, -0.2) is 4.68 Å². The summed E-state index contributed by atoms with van der Waals surface area (Å²) in [6.45, 7) is 6.19. The lowest BCUT2D eigenvalue weighted by Crippen LogP contribution is -2.30. The molecule has 24 heavy (non-hydrogen) atoms. The SMILES string of the molecule is COc1ccc(C2CC(=O)Nc3c2cnn3C(C)(C)C)cc1OC. The van der Waals surface area contributed by atoms with E-state index in [1.54, 1.807) is 14.2 Å². The number of aromatic nitrogens is 2. The van der Waals surface area contributed by atoms with Gasteiger partial charge in [-0.05, 0) is 38.5 Å². The number of nitrogens with one attached hydrogen (secondary N) is 1. The van der Waals surface area contributed by atoms with E-state index in [9.17, 15) is 4.79 Å². The summed E-state index contributed by atoms with van der Waals surface area (Å²) in [6, 6.07) is 5.78. The lowest BCUT2D eigenvalue weighted by molar-refractivity contribution is -0.116. The van der Waals surface area contributed by atoms with Crippen LogP contribution in [0.25, 0.3) is 0 Å². The minimum Gasteiger partial charge on any atom is -0.493 e. The van der Waals surface area contributed by atoms with E-state index >= 15 is 0 Å². The Morgan fingerprint density at radius 3 is 2.54 bits per heavy atom. The fourth-order valence-electron chi connectivity index (χ4n) is 3.10. The molecule has 1 aromatic carbocycles. The van der Waals surface area contributed by atoms with E-state index in [0.717, 1.165) is 16.9 Å². The Bertz CT molecular complexity index is 774. The van der Waals surface area contributed by atoms with Crippen LogP contribution < -0.4 is 14.8 Å². The molecular weight excluding hydrogens is 306 g/mol. The fourth-order valence-corrected chi connectivity index (χ4v) is 3.10. The third kappa shape index (κ3) is 2.72. The first-order valence-corrected chi connectivity index (χ1v) is 7.95. The van der Waals surface area contributed by atoms with E-state index in [1.807, 2.05) is 29.1 Å². The highest BCUT2D eigenvalue weighted by Gasteiger charge is 2.32. The van der Waals surface area contributed by atoms with Crippen molar-refractivity contribution in [2.24, 2.45) is 0 Å². The normalized spacial score (nSPS) is 17.2. The average Bonchev–Trinajstić information content (AvgIpc) is 2.97. The monoisotopic (exact) mass is 329 g/mol. The average molecular weight is 329 g/mol. The van der Waals surface area contributed by atoms with Crippen molar-refractivity contribution in [2.75, 3.05) is 19.5 Å². The summed E-state index contributed by atoms with van der Waals surface area (Å²) in [4.78, 5) is 12.3. The predicted octanol–water partition coefficient (Wildman–Crippen LogP) is 3.13. The lowest BCUT2D eigenvalue weighted by atomic mass is 9.87. The second kappa shape index (κ2) is 5.85. The van der Waals surface area contributed by atoms with Gasteiger partial charge in [-0.1, -0.05) is 6.07 Å². The third-order valence-electron chi connectivity index (χ3n) is 4.27. The van der Waals surface area contributed by atoms with Gasteiger partial charge >= 0.3 is 0 Å². The zero-order valence-corrected chi connectivity index (χ0v) is 14.7. The van der Waals surface area contributed by atoms with E-state index in [4.69, 9.17) is 9.47 Å². The van der Waals surface area contributed by atoms with Crippen LogP contribution in [-0.2, 0) is 10.3 Å². The van der Waals surface area contributed by atoms with Crippen molar-refractivity contribution in [3.05, 3.63) is 35.5 Å². The summed E-state index contributed by atoms with van der Waals surface area (Å²) < 4.78 is 12.6. The first kappa shape index (κ1) is 16.4. The van der Waals surface area contributed by atoms with Crippen LogP contribution in [0.4, 0.5) is 5.82 Å². The molecule has 3 rings (SSSR count). The van der Waals surface area contributed by atoms with Crippen molar-refractivity contribution in [1.82, 2.24) is 9.78 Å². The van der Waals surface area contributed by atoms with Crippen LogP contribution in [0.3, 0.4) is 0 Å². The molecule has 0 fully saturated rings. The van der Waals surface area contributed by atoms with Gasteiger partial charge in [0.25, 0.3) is 0 Å². The van der Waals surface area contributed by atoms with Crippen LogP contribution in [0.15, 0.2) is 24.4 Å². The molecular formula is C18H23N3O3. The molecule has 0 radical (unpaired) electrons. The van der Waals surface area contributed by atoms with Crippen LogP contribution >= 0.6 is 0 Å². The predicted molar refractivity (Wildman–Crippen MR) is 91.9 cm³/mol. The van der Waals surface area contributed by atoms with Gasteiger partial charge in [0.15, 0.2) is 11.5 Å². The fraction of sp³-hybridized carbons (Fsp3) is 0.444. The molecule has 0 aliphatic carbocycles. The zero-order valence-electron chi connectivity index (χ0n) is 14.7. The Morgan fingerprint density at radius 1 is 1.21 bits per heavy atom. The number of benzene rings is 1. The smallest absolute Gasteiger partial charge is 0.226 e.